The number of imidazole rings is 2. The van der Waals surface area contributed by atoms with E-state index in [0.29, 0.717) is 24.1 Å². The summed E-state index contributed by atoms with van der Waals surface area (Å²) < 4.78 is 6.72. The first kappa shape index (κ1) is 20.8. The quantitative estimate of drug-likeness (QED) is 0.333. The van der Waals surface area contributed by atoms with Crippen molar-refractivity contribution in [1.82, 2.24) is 28.2 Å². The minimum absolute atomic E-state index is 0.283. The summed E-state index contributed by atoms with van der Waals surface area (Å²) in [5, 5.41) is 0.991. The van der Waals surface area contributed by atoms with Gasteiger partial charge in [-0.05, 0) is 44.2 Å². The van der Waals surface area contributed by atoms with Gasteiger partial charge in [0.1, 0.15) is 0 Å². The van der Waals surface area contributed by atoms with Crippen LogP contribution in [0.3, 0.4) is 0 Å². The number of hydrogen-bond donors (Lipinski definition) is 0. The van der Waals surface area contributed by atoms with E-state index >= 15 is 0 Å². The van der Waals surface area contributed by atoms with Gasteiger partial charge in [-0.15, -0.1) is 0 Å². The predicted molar refractivity (Wildman–Crippen MR) is 126 cm³/mol. The summed E-state index contributed by atoms with van der Waals surface area (Å²) in [7, 11) is 3.43. The van der Waals surface area contributed by atoms with E-state index in [-0.39, 0.29) is 11.2 Å². The third-order valence-electron chi connectivity index (χ3n) is 6.07. The van der Waals surface area contributed by atoms with Crippen LogP contribution in [-0.2, 0) is 33.5 Å². The number of aryl methyl sites for hydroxylation is 3. The summed E-state index contributed by atoms with van der Waals surface area (Å²) >= 11 is 1.69. The Morgan fingerprint density at radius 1 is 1.06 bits per heavy atom. The average molecular weight is 451 g/mol. The first-order valence-corrected chi connectivity index (χ1v) is 11.9. The molecular weight excluding hydrogens is 424 g/mol. The van der Waals surface area contributed by atoms with Gasteiger partial charge in [0.25, 0.3) is 5.56 Å². The lowest BCUT2D eigenvalue weighted by atomic mass is 10.0. The molecular formula is C23H26N6O2S. The lowest BCUT2D eigenvalue weighted by Gasteiger charge is -2.15. The molecule has 0 fully saturated rings. The largest absolute Gasteiger partial charge is 0.332 e. The summed E-state index contributed by atoms with van der Waals surface area (Å²) in [6.07, 6.45) is 6.71. The summed E-state index contributed by atoms with van der Waals surface area (Å²) in [6.45, 7) is 0.366. The van der Waals surface area contributed by atoms with Gasteiger partial charge in [-0.3, -0.25) is 18.5 Å². The fourth-order valence-electron chi connectivity index (χ4n) is 4.44. The summed E-state index contributed by atoms with van der Waals surface area (Å²) in [6, 6.07) is 10.4. The minimum Gasteiger partial charge on any atom is -0.328 e. The van der Waals surface area contributed by atoms with Crippen molar-refractivity contribution in [3.05, 3.63) is 68.9 Å². The van der Waals surface area contributed by atoms with Crippen LogP contribution in [0.1, 0.15) is 30.7 Å². The molecule has 0 saturated carbocycles. The van der Waals surface area contributed by atoms with E-state index in [9.17, 15) is 9.59 Å². The standard InChI is InChI=1S/C23H26N6O2S/c1-26-15-24-20-19(26)21(30)28(23(31)27(20)2)13-8-14-32-22-25-17-11-6-7-12-18(17)29(22)16-9-4-3-5-10-16/h3-5,9-10,15H,6-8,11-14H2,1-2H3. The molecule has 0 spiro atoms. The van der Waals surface area contributed by atoms with E-state index in [1.54, 1.807) is 36.8 Å². The highest BCUT2D eigenvalue weighted by atomic mass is 32.2. The molecule has 166 valence electrons. The molecule has 0 unspecified atom stereocenters. The third-order valence-corrected chi connectivity index (χ3v) is 7.10. The molecule has 0 amide bonds. The van der Waals surface area contributed by atoms with Crippen LogP contribution < -0.4 is 11.2 Å². The van der Waals surface area contributed by atoms with Crippen LogP contribution in [0, 0.1) is 0 Å². The molecule has 9 heteroatoms. The van der Waals surface area contributed by atoms with E-state index in [2.05, 4.69) is 33.8 Å². The van der Waals surface area contributed by atoms with Crippen molar-refractivity contribution in [2.24, 2.45) is 14.1 Å². The normalized spacial score (nSPS) is 13.6. The zero-order chi connectivity index (χ0) is 22.2. The number of nitrogens with zero attached hydrogens (tertiary/aromatic N) is 6. The number of fused-ring (bicyclic) bond motifs is 2. The van der Waals surface area contributed by atoms with E-state index in [4.69, 9.17) is 4.98 Å². The van der Waals surface area contributed by atoms with Crippen LogP contribution in [0.5, 0.6) is 0 Å². The Balaban J connectivity index is 1.37. The fraction of sp³-hybridized carbons (Fsp3) is 0.391. The molecule has 32 heavy (non-hydrogen) atoms. The molecule has 1 aromatic carbocycles. The molecule has 1 aliphatic carbocycles. The molecule has 4 aromatic rings. The van der Waals surface area contributed by atoms with Gasteiger partial charge in [0.05, 0.1) is 12.0 Å². The zero-order valence-corrected chi connectivity index (χ0v) is 19.1. The summed E-state index contributed by atoms with van der Waals surface area (Å²) in [5.41, 5.74) is 3.92. The summed E-state index contributed by atoms with van der Waals surface area (Å²) in [5.74, 6) is 0.766. The van der Waals surface area contributed by atoms with Gasteiger partial charge in [-0.25, -0.2) is 14.8 Å². The van der Waals surface area contributed by atoms with E-state index in [0.717, 1.165) is 29.4 Å². The molecule has 8 nitrogen and oxygen atoms in total. The third kappa shape index (κ3) is 3.50. The van der Waals surface area contributed by atoms with Gasteiger partial charge in [-0.1, -0.05) is 30.0 Å². The van der Waals surface area contributed by atoms with Gasteiger partial charge < -0.3 is 4.57 Å². The number of hydrogen-bond acceptors (Lipinski definition) is 5. The van der Waals surface area contributed by atoms with Crippen LogP contribution in [0.2, 0.25) is 0 Å². The molecule has 3 aromatic heterocycles. The number of rotatable bonds is 6. The van der Waals surface area contributed by atoms with Crippen molar-refractivity contribution >= 4 is 22.9 Å². The minimum atomic E-state index is -0.326. The van der Waals surface area contributed by atoms with Crippen LogP contribution in [0.15, 0.2) is 51.4 Å². The highest BCUT2D eigenvalue weighted by Crippen LogP contribution is 2.30. The van der Waals surface area contributed by atoms with E-state index in [1.165, 1.54) is 33.4 Å². The Bertz CT molecular complexity index is 1400. The van der Waals surface area contributed by atoms with Crippen molar-refractivity contribution in [3.8, 4) is 5.69 Å². The Kier molecular flexibility index (Phi) is 5.50. The number of thioether (sulfide) groups is 1. The number of benzene rings is 1. The van der Waals surface area contributed by atoms with Crippen molar-refractivity contribution in [1.29, 1.82) is 0 Å². The first-order chi connectivity index (χ1) is 15.6. The lowest BCUT2D eigenvalue weighted by molar-refractivity contribution is 0.594. The van der Waals surface area contributed by atoms with Crippen LogP contribution in [-0.4, -0.2) is 34.0 Å². The molecule has 0 atom stereocenters. The highest BCUT2D eigenvalue weighted by molar-refractivity contribution is 7.99. The predicted octanol–water partition coefficient (Wildman–Crippen LogP) is 2.68. The molecule has 0 N–H and O–H groups in total. The Hall–Kier alpha value is -3.07. The maximum absolute atomic E-state index is 12.9. The molecule has 0 aliphatic heterocycles. The smallest absolute Gasteiger partial charge is 0.328 e. The van der Waals surface area contributed by atoms with Crippen LogP contribution in [0.25, 0.3) is 16.9 Å². The zero-order valence-electron chi connectivity index (χ0n) is 18.3. The average Bonchev–Trinajstić information content (AvgIpc) is 3.38. The van der Waals surface area contributed by atoms with Crippen molar-refractivity contribution < 1.29 is 0 Å². The topological polar surface area (TPSA) is 79.6 Å². The maximum atomic E-state index is 12.9. The van der Waals surface area contributed by atoms with E-state index in [1.807, 2.05) is 6.07 Å². The molecule has 5 rings (SSSR count). The molecule has 1 aliphatic rings. The Labute approximate surface area is 189 Å². The maximum Gasteiger partial charge on any atom is 0.332 e. The second-order valence-corrected chi connectivity index (χ2v) is 9.26. The second-order valence-electron chi connectivity index (χ2n) is 8.19. The highest BCUT2D eigenvalue weighted by Gasteiger charge is 2.21. The lowest BCUT2D eigenvalue weighted by Crippen LogP contribution is -2.39. The SMILES string of the molecule is Cn1cnc2c1c(=O)n(CCCSc1nc3c(n1-c1ccccc1)CCCC3)c(=O)n2C. The van der Waals surface area contributed by atoms with Gasteiger partial charge in [0.15, 0.2) is 16.3 Å². The van der Waals surface area contributed by atoms with Crippen LogP contribution in [0.4, 0.5) is 0 Å². The Morgan fingerprint density at radius 3 is 2.66 bits per heavy atom. The van der Waals surface area contributed by atoms with Gasteiger partial charge >= 0.3 is 5.69 Å². The number of para-hydroxylation sites is 1. The molecule has 3 heterocycles. The van der Waals surface area contributed by atoms with Gasteiger partial charge in [-0.2, -0.15) is 0 Å². The van der Waals surface area contributed by atoms with Crippen LogP contribution >= 0.6 is 11.8 Å². The van der Waals surface area contributed by atoms with Crippen molar-refractivity contribution in [2.45, 2.75) is 43.8 Å². The molecule has 0 radical (unpaired) electrons. The number of aromatic nitrogens is 6. The van der Waals surface area contributed by atoms with Gasteiger partial charge in [0, 0.05) is 37.8 Å². The monoisotopic (exact) mass is 450 g/mol. The van der Waals surface area contributed by atoms with Crippen molar-refractivity contribution in [3.63, 3.8) is 0 Å². The van der Waals surface area contributed by atoms with E-state index < -0.39 is 0 Å². The Morgan fingerprint density at radius 2 is 1.84 bits per heavy atom. The fourth-order valence-corrected chi connectivity index (χ4v) is 5.41. The summed E-state index contributed by atoms with van der Waals surface area (Å²) in [4.78, 5) is 34.7. The van der Waals surface area contributed by atoms with Gasteiger partial charge in [0.2, 0.25) is 0 Å². The van der Waals surface area contributed by atoms with Crippen molar-refractivity contribution in [2.75, 3.05) is 5.75 Å². The second kappa shape index (κ2) is 8.46. The molecule has 0 bridgehead atoms. The first-order valence-electron chi connectivity index (χ1n) is 11.0. The molecule has 0 saturated heterocycles.